The van der Waals surface area contributed by atoms with E-state index in [-0.39, 0.29) is 18.3 Å². The van der Waals surface area contributed by atoms with Crippen LogP contribution in [0.25, 0.3) is 10.2 Å². The number of Topliss-reactive ketones (excluding diaryl/α,β-unsaturated/α-hetero) is 1. The number of rotatable bonds is 5. The lowest BCUT2D eigenvalue weighted by atomic mass is 9.89. The fourth-order valence-corrected chi connectivity index (χ4v) is 4.92. The van der Waals surface area contributed by atoms with Gasteiger partial charge >= 0.3 is 0 Å². The van der Waals surface area contributed by atoms with Crippen LogP contribution in [-0.2, 0) is 17.6 Å². The summed E-state index contributed by atoms with van der Waals surface area (Å²) in [7, 11) is 0. The molecule has 1 unspecified atom stereocenters. The number of ether oxygens (including phenoxy) is 1. The van der Waals surface area contributed by atoms with Crippen molar-refractivity contribution in [3.8, 4) is 5.88 Å². The van der Waals surface area contributed by atoms with Gasteiger partial charge in [-0.25, -0.2) is 9.97 Å². The van der Waals surface area contributed by atoms with Crippen LogP contribution in [-0.4, -0.2) is 28.3 Å². The molecule has 28 heavy (non-hydrogen) atoms. The predicted molar refractivity (Wildman–Crippen MR) is 109 cm³/mol. The minimum atomic E-state index is -0.335. The van der Waals surface area contributed by atoms with E-state index in [2.05, 4.69) is 22.2 Å². The SMILES string of the molecule is CC(=O)c1ccccc1NC(=O)COc1ncnc2sc3c(c12)CCC(C)C3. The molecule has 144 valence electrons. The van der Waals surface area contributed by atoms with Crippen molar-refractivity contribution in [1.82, 2.24) is 9.97 Å². The van der Waals surface area contributed by atoms with Crippen molar-refractivity contribution in [3.05, 3.63) is 46.6 Å². The van der Waals surface area contributed by atoms with Gasteiger partial charge in [-0.15, -0.1) is 11.3 Å². The molecule has 7 heteroatoms. The Kier molecular flexibility index (Phi) is 5.09. The molecule has 3 aromatic rings. The van der Waals surface area contributed by atoms with E-state index >= 15 is 0 Å². The number of benzene rings is 1. The van der Waals surface area contributed by atoms with E-state index in [9.17, 15) is 9.59 Å². The number of amides is 1. The highest BCUT2D eigenvalue weighted by Crippen LogP contribution is 2.40. The summed E-state index contributed by atoms with van der Waals surface area (Å²) in [5, 5.41) is 3.68. The molecule has 1 atom stereocenters. The van der Waals surface area contributed by atoms with Crippen molar-refractivity contribution in [2.24, 2.45) is 5.92 Å². The zero-order chi connectivity index (χ0) is 19.7. The lowest BCUT2D eigenvalue weighted by molar-refractivity contribution is -0.118. The summed E-state index contributed by atoms with van der Waals surface area (Å²) in [6.07, 6.45) is 4.65. The Hall–Kier alpha value is -2.80. The Morgan fingerprint density at radius 2 is 2.11 bits per heavy atom. The molecule has 6 nitrogen and oxygen atoms in total. The number of fused-ring (bicyclic) bond motifs is 3. The molecule has 1 aromatic carbocycles. The second kappa shape index (κ2) is 7.67. The normalized spacial score (nSPS) is 15.9. The van der Waals surface area contributed by atoms with Crippen LogP contribution in [0.4, 0.5) is 5.69 Å². The molecule has 0 spiro atoms. The van der Waals surface area contributed by atoms with Crippen LogP contribution in [0, 0.1) is 5.92 Å². The average molecular weight is 395 g/mol. The van der Waals surface area contributed by atoms with Crippen molar-refractivity contribution < 1.29 is 14.3 Å². The maximum absolute atomic E-state index is 12.4. The zero-order valence-electron chi connectivity index (χ0n) is 15.8. The summed E-state index contributed by atoms with van der Waals surface area (Å²) in [6.45, 7) is 3.55. The van der Waals surface area contributed by atoms with Gasteiger partial charge in [-0.1, -0.05) is 19.1 Å². The summed E-state index contributed by atoms with van der Waals surface area (Å²) in [5.74, 6) is 0.684. The number of nitrogens with one attached hydrogen (secondary N) is 1. The summed E-state index contributed by atoms with van der Waals surface area (Å²) in [6, 6.07) is 6.93. The van der Waals surface area contributed by atoms with Crippen LogP contribution in [0.5, 0.6) is 5.88 Å². The number of nitrogens with zero attached hydrogens (tertiary/aromatic N) is 2. The third-order valence-corrected chi connectivity index (χ3v) is 6.14. The van der Waals surface area contributed by atoms with Gasteiger partial charge in [0.15, 0.2) is 12.4 Å². The third kappa shape index (κ3) is 3.62. The number of para-hydroxylation sites is 1. The van der Waals surface area contributed by atoms with Crippen LogP contribution in [0.15, 0.2) is 30.6 Å². The largest absolute Gasteiger partial charge is 0.467 e. The number of carbonyl (C=O) groups excluding carboxylic acids is 2. The van der Waals surface area contributed by atoms with Crippen molar-refractivity contribution >= 4 is 38.9 Å². The fraction of sp³-hybridized carbons (Fsp3) is 0.333. The summed E-state index contributed by atoms with van der Waals surface area (Å²) in [5.41, 5.74) is 2.22. The van der Waals surface area contributed by atoms with Crippen molar-refractivity contribution in [1.29, 1.82) is 0 Å². The highest BCUT2D eigenvalue weighted by atomic mass is 32.1. The van der Waals surface area contributed by atoms with E-state index in [4.69, 9.17) is 4.74 Å². The molecule has 0 fully saturated rings. The molecule has 0 aliphatic heterocycles. The highest BCUT2D eigenvalue weighted by molar-refractivity contribution is 7.18. The topological polar surface area (TPSA) is 81.2 Å². The van der Waals surface area contributed by atoms with Gasteiger partial charge in [0.25, 0.3) is 5.91 Å². The molecule has 1 aliphatic carbocycles. The molecule has 2 aromatic heterocycles. The van der Waals surface area contributed by atoms with Gasteiger partial charge in [-0.2, -0.15) is 0 Å². The number of aromatic nitrogens is 2. The molecule has 1 amide bonds. The lowest BCUT2D eigenvalue weighted by Crippen LogP contribution is -2.21. The van der Waals surface area contributed by atoms with E-state index in [1.165, 1.54) is 23.7 Å². The van der Waals surface area contributed by atoms with E-state index in [0.29, 0.717) is 23.0 Å². The number of anilines is 1. The first-order valence-electron chi connectivity index (χ1n) is 9.30. The molecule has 1 N–H and O–H groups in total. The van der Waals surface area contributed by atoms with E-state index < -0.39 is 0 Å². The van der Waals surface area contributed by atoms with Crippen molar-refractivity contribution in [2.75, 3.05) is 11.9 Å². The van der Waals surface area contributed by atoms with Crippen molar-refractivity contribution in [2.45, 2.75) is 33.1 Å². The number of ketones is 1. The van der Waals surface area contributed by atoms with Crippen molar-refractivity contribution in [3.63, 3.8) is 0 Å². The zero-order valence-corrected chi connectivity index (χ0v) is 16.6. The first kappa shape index (κ1) is 18.6. The molecule has 4 rings (SSSR count). The minimum Gasteiger partial charge on any atom is -0.467 e. The molecule has 0 bridgehead atoms. The first-order valence-corrected chi connectivity index (χ1v) is 10.1. The molecular weight excluding hydrogens is 374 g/mol. The Balaban J connectivity index is 1.52. The van der Waals surface area contributed by atoms with Gasteiger partial charge < -0.3 is 10.1 Å². The van der Waals surface area contributed by atoms with Gasteiger partial charge in [-0.05, 0) is 49.8 Å². The van der Waals surface area contributed by atoms with E-state index in [1.54, 1.807) is 35.6 Å². The Morgan fingerprint density at radius 1 is 1.29 bits per heavy atom. The van der Waals surface area contributed by atoms with Crippen LogP contribution >= 0.6 is 11.3 Å². The maximum Gasteiger partial charge on any atom is 0.262 e. The van der Waals surface area contributed by atoms with Crippen LogP contribution in [0.1, 0.15) is 41.1 Å². The molecule has 2 heterocycles. The Morgan fingerprint density at radius 3 is 2.93 bits per heavy atom. The molecule has 0 saturated carbocycles. The standard InChI is InChI=1S/C21H21N3O3S/c1-12-7-8-15-17(9-12)28-21-19(15)20(22-11-23-21)27-10-18(26)24-16-6-4-3-5-14(16)13(2)25/h3-6,11-12H,7-10H2,1-2H3,(H,24,26). The quantitative estimate of drug-likeness (QED) is 0.660. The molecule has 0 radical (unpaired) electrons. The van der Waals surface area contributed by atoms with Crippen LogP contribution in [0.3, 0.4) is 0 Å². The highest BCUT2D eigenvalue weighted by Gasteiger charge is 2.24. The number of hydrogen-bond donors (Lipinski definition) is 1. The lowest BCUT2D eigenvalue weighted by Gasteiger charge is -2.18. The number of thiophene rings is 1. The smallest absolute Gasteiger partial charge is 0.262 e. The Labute approximate surface area is 167 Å². The number of aryl methyl sites for hydroxylation is 1. The monoisotopic (exact) mass is 395 g/mol. The minimum absolute atomic E-state index is 0.103. The van der Waals surface area contributed by atoms with Gasteiger partial charge in [0.1, 0.15) is 11.2 Å². The van der Waals surface area contributed by atoms with Crippen LogP contribution < -0.4 is 10.1 Å². The van der Waals surface area contributed by atoms with Gasteiger partial charge in [0.05, 0.1) is 11.1 Å². The second-order valence-corrected chi connectivity index (χ2v) is 8.23. The predicted octanol–water partition coefficient (Wildman–Crippen LogP) is 4.04. The third-order valence-electron chi connectivity index (χ3n) is 4.98. The summed E-state index contributed by atoms with van der Waals surface area (Å²) in [4.78, 5) is 35.0. The summed E-state index contributed by atoms with van der Waals surface area (Å²) >= 11 is 1.69. The van der Waals surface area contributed by atoms with Crippen LogP contribution in [0.2, 0.25) is 0 Å². The maximum atomic E-state index is 12.4. The molecular formula is C21H21N3O3S. The number of hydrogen-bond acceptors (Lipinski definition) is 6. The molecule has 0 saturated heterocycles. The second-order valence-electron chi connectivity index (χ2n) is 7.15. The Bertz CT molecular complexity index is 1060. The van der Waals surface area contributed by atoms with Gasteiger partial charge in [0, 0.05) is 10.4 Å². The fourth-order valence-electron chi connectivity index (χ4n) is 3.57. The first-order chi connectivity index (χ1) is 13.5. The molecule has 1 aliphatic rings. The van der Waals surface area contributed by atoms with Gasteiger partial charge in [0.2, 0.25) is 5.88 Å². The number of carbonyl (C=O) groups is 2. The summed E-state index contributed by atoms with van der Waals surface area (Å²) < 4.78 is 5.76. The van der Waals surface area contributed by atoms with Gasteiger partial charge in [-0.3, -0.25) is 9.59 Å². The van der Waals surface area contributed by atoms with E-state index in [1.807, 2.05) is 0 Å². The van der Waals surface area contributed by atoms with E-state index in [0.717, 1.165) is 29.5 Å². The average Bonchev–Trinajstić information content (AvgIpc) is 3.04.